The molecule has 0 amide bonds. The molecule has 0 heterocycles. The smallest absolute Gasteiger partial charge is 0.303 e. The average molecular weight is 286 g/mol. The van der Waals surface area contributed by atoms with E-state index in [4.69, 9.17) is 5.11 Å². The fourth-order valence-electron chi connectivity index (χ4n) is 2.66. The highest BCUT2D eigenvalue weighted by Crippen LogP contribution is 2.37. The zero-order valence-electron chi connectivity index (χ0n) is 12.8. The maximum absolute atomic E-state index is 10.7. The van der Waals surface area contributed by atoms with Crippen LogP contribution in [0.25, 0.3) is 10.8 Å². The second-order valence-corrected chi connectivity index (χ2v) is 6.47. The molecule has 0 fully saturated rings. The Morgan fingerprint density at radius 3 is 2.33 bits per heavy atom. The van der Waals surface area contributed by atoms with E-state index in [9.17, 15) is 9.90 Å². The van der Waals surface area contributed by atoms with Gasteiger partial charge in [-0.05, 0) is 34.8 Å². The van der Waals surface area contributed by atoms with Crippen LogP contribution in [-0.4, -0.2) is 16.2 Å². The number of carboxylic acids is 1. The molecule has 0 aliphatic heterocycles. The van der Waals surface area contributed by atoms with Crippen LogP contribution in [0.3, 0.4) is 0 Å². The predicted octanol–water partition coefficient (Wildman–Crippen LogP) is 4.25. The number of aromatic hydroxyl groups is 1. The van der Waals surface area contributed by atoms with Crippen molar-refractivity contribution >= 4 is 16.7 Å². The van der Waals surface area contributed by atoms with Gasteiger partial charge in [-0.3, -0.25) is 4.79 Å². The summed E-state index contributed by atoms with van der Waals surface area (Å²) < 4.78 is 0. The number of hydrogen-bond acceptors (Lipinski definition) is 2. The summed E-state index contributed by atoms with van der Waals surface area (Å²) in [5, 5.41) is 21.1. The number of fused-ring (bicyclic) bond motifs is 1. The molecule has 21 heavy (non-hydrogen) atoms. The lowest BCUT2D eigenvalue weighted by atomic mass is 9.81. The first-order valence-electron chi connectivity index (χ1n) is 7.26. The van der Waals surface area contributed by atoms with E-state index in [-0.39, 0.29) is 17.6 Å². The normalized spacial score (nSPS) is 11.8. The van der Waals surface area contributed by atoms with Gasteiger partial charge in [-0.25, -0.2) is 0 Å². The molecule has 2 rings (SSSR count). The monoisotopic (exact) mass is 286 g/mol. The van der Waals surface area contributed by atoms with Crippen LogP contribution < -0.4 is 0 Å². The van der Waals surface area contributed by atoms with Crippen molar-refractivity contribution in [2.24, 2.45) is 0 Å². The number of rotatable bonds is 4. The summed E-state index contributed by atoms with van der Waals surface area (Å²) in [7, 11) is 0. The van der Waals surface area contributed by atoms with Gasteiger partial charge in [0, 0.05) is 11.8 Å². The van der Waals surface area contributed by atoms with Gasteiger partial charge < -0.3 is 10.2 Å². The molecule has 0 aromatic heterocycles. The molecule has 0 unspecified atom stereocenters. The lowest BCUT2D eigenvalue weighted by molar-refractivity contribution is -0.137. The standard InChI is InChI=1S/C18H22O3/c1-18(2,3)15-11-12(7-6-10-16(19)20)17(21)14-9-5-4-8-13(14)15/h4-5,8-9,11,21H,6-7,10H2,1-3H3,(H,19,20). The van der Waals surface area contributed by atoms with Crippen molar-refractivity contribution in [1.29, 1.82) is 0 Å². The minimum atomic E-state index is -0.800. The van der Waals surface area contributed by atoms with Gasteiger partial charge in [0.05, 0.1) is 0 Å². The molecular formula is C18H22O3. The van der Waals surface area contributed by atoms with Gasteiger partial charge in [0.2, 0.25) is 0 Å². The summed E-state index contributed by atoms with van der Waals surface area (Å²) in [5.74, 6) is -0.518. The van der Waals surface area contributed by atoms with Gasteiger partial charge in [-0.15, -0.1) is 0 Å². The lowest BCUT2D eigenvalue weighted by Crippen LogP contribution is -2.12. The van der Waals surface area contributed by atoms with Crippen LogP contribution in [0.4, 0.5) is 0 Å². The van der Waals surface area contributed by atoms with Crippen molar-refractivity contribution in [3.8, 4) is 5.75 Å². The second-order valence-electron chi connectivity index (χ2n) is 6.47. The number of phenolic OH excluding ortho intramolecular Hbond substituents is 1. The third-order valence-electron chi connectivity index (χ3n) is 3.74. The second kappa shape index (κ2) is 5.76. The van der Waals surface area contributed by atoms with Crippen molar-refractivity contribution in [1.82, 2.24) is 0 Å². The van der Waals surface area contributed by atoms with Gasteiger partial charge in [0.1, 0.15) is 5.75 Å². The molecule has 0 atom stereocenters. The van der Waals surface area contributed by atoms with Gasteiger partial charge in [-0.2, -0.15) is 0 Å². The number of aryl methyl sites for hydroxylation is 1. The zero-order valence-corrected chi connectivity index (χ0v) is 12.8. The summed E-state index contributed by atoms with van der Waals surface area (Å²) in [4.78, 5) is 10.7. The number of hydrogen-bond donors (Lipinski definition) is 2. The van der Waals surface area contributed by atoms with E-state index in [1.807, 2.05) is 30.3 Å². The molecule has 0 saturated heterocycles. The number of benzene rings is 2. The van der Waals surface area contributed by atoms with Crippen molar-refractivity contribution < 1.29 is 15.0 Å². The molecule has 0 spiro atoms. The van der Waals surface area contributed by atoms with Crippen molar-refractivity contribution in [3.63, 3.8) is 0 Å². The molecule has 3 heteroatoms. The maximum Gasteiger partial charge on any atom is 0.303 e. The Morgan fingerprint density at radius 1 is 1.14 bits per heavy atom. The quantitative estimate of drug-likeness (QED) is 0.883. The molecule has 0 aliphatic carbocycles. The summed E-state index contributed by atoms with van der Waals surface area (Å²) in [6, 6.07) is 9.85. The Bertz CT molecular complexity index is 666. The van der Waals surface area contributed by atoms with Gasteiger partial charge in [0.15, 0.2) is 0 Å². The van der Waals surface area contributed by atoms with Gasteiger partial charge >= 0.3 is 5.97 Å². The number of phenols is 1. The van der Waals surface area contributed by atoms with Crippen LogP contribution in [0.1, 0.15) is 44.7 Å². The van der Waals surface area contributed by atoms with Crippen LogP contribution in [0.5, 0.6) is 5.75 Å². The minimum absolute atomic E-state index is 0.0329. The molecule has 0 radical (unpaired) electrons. The molecule has 0 aliphatic rings. The highest BCUT2D eigenvalue weighted by molar-refractivity contribution is 5.92. The fourth-order valence-corrected chi connectivity index (χ4v) is 2.66. The molecule has 0 saturated carbocycles. The van der Waals surface area contributed by atoms with Crippen molar-refractivity contribution in [2.45, 2.75) is 45.4 Å². The van der Waals surface area contributed by atoms with E-state index in [0.29, 0.717) is 12.8 Å². The Labute approximate surface area is 125 Å². The van der Waals surface area contributed by atoms with E-state index in [1.54, 1.807) is 0 Å². The Hall–Kier alpha value is -2.03. The first-order chi connectivity index (χ1) is 9.80. The third-order valence-corrected chi connectivity index (χ3v) is 3.74. The van der Waals surface area contributed by atoms with Gasteiger partial charge in [-0.1, -0.05) is 51.1 Å². The Morgan fingerprint density at radius 2 is 1.76 bits per heavy atom. The highest BCUT2D eigenvalue weighted by Gasteiger charge is 2.20. The summed E-state index contributed by atoms with van der Waals surface area (Å²) in [5.41, 5.74) is 1.98. The molecule has 2 aromatic rings. The molecule has 2 aromatic carbocycles. The largest absolute Gasteiger partial charge is 0.507 e. The van der Waals surface area contributed by atoms with E-state index in [1.165, 1.54) is 5.56 Å². The fraction of sp³-hybridized carbons (Fsp3) is 0.389. The summed E-state index contributed by atoms with van der Waals surface area (Å²) in [6.45, 7) is 6.44. The molecule has 3 nitrogen and oxygen atoms in total. The van der Waals surface area contributed by atoms with Crippen LogP contribution in [0.15, 0.2) is 30.3 Å². The number of aliphatic carboxylic acids is 1. The SMILES string of the molecule is CC(C)(C)c1cc(CCCC(=O)O)c(O)c2ccccc12. The van der Waals surface area contributed by atoms with Gasteiger partial charge in [0.25, 0.3) is 0 Å². The van der Waals surface area contributed by atoms with Crippen LogP contribution in [0, 0.1) is 0 Å². The topological polar surface area (TPSA) is 57.5 Å². The van der Waals surface area contributed by atoms with Crippen LogP contribution >= 0.6 is 0 Å². The lowest BCUT2D eigenvalue weighted by Gasteiger charge is -2.23. The van der Waals surface area contributed by atoms with Crippen LogP contribution in [-0.2, 0) is 16.6 Å². The van der Waals surface area contributed by atoms with Crippen LogP contribution in [0.2, 0.25) is 0 Å². The maximum atomic E-state index is 10.7. The average Bonchev–Trinajstić information content (AvgIpc) is 2.40. The van der Waals surface area contributed by atoms with E-state index < -0.39 is 5.97 Å². The molecular weight excluding hydrogens is 264 g/mol. The number of carbonyl (C=O) groups is 1. The Kier molecular flexibility index (Phi) is 4.21. The van der Waals surface area contributed by atoms with E-state index in [2.05, 4.69) is 20.8 Å². The molecule has 112 valence electrons. The zero-order chi connectivity index (χ0) is 15.6. The number of carboxylic acid groups (broad SMARTS) is 1. The highest BCUT2D eigenvalue weighted by atomic mass is 16.4. The van der Waals surface area contributed by atoms with Crippen molar-refractivity contribution in [3.05, 3.63) is 41.5 Å². The minimum Gasteiger partial charge on any atom is -0.507 e. The molecule has 0 bridgehead atoms. The predicted molar refractivity (Wildman–Crippen MR) is 84.9 cm³/mol. The van der Waals surface area contributed by atoms with Crippen molar-refractivity contribution in [2.75, 3.05) is 0 Å². The van der Waals surface area contributed by atoms with E-state index in [0.717, 1.165) is 16.3 Å². The summed E-state index contributed by atoms with van der Waals surface area (Å²) >= 11 is 0. The Balaban J connectivity index is 2.51. The molecule has 2 N–H and O–H groups in total. The third kappa shape index (κ3) is 3.35. The first-order valence-corrected chi connectivity index (χ1v) is 7.26. The van der Waals surface area contributed by atoms with E-state index >= 15 is 0 Å². The summed E-state index contributed by atoms with van der Waals surface area (Å²) in [6.07, 6.45) is 1.23. The first kappa shape index (κ1) is 15.4.